The van der Waals surface area contributed by atoms with Crippen molar-refractivity contribution in [3.63, 3.8) is 0 Å². The average molecular weight is 233 g/mol. The number of rotatable bonds is 4. The Balaban J connectivity index is 2.01. The zero-order valence-corrected chi connectivity index (χ0v) is 10.0. The molecule has 1 aromatic heterocycles. The number of methoxy groups -OCH3 is 1. The second kappa shape index (κ2) is 4.99. The molecule has 0 aliphatic heterocycles. The normalized spacial score (nSPS) is 10.7. The molecule has 2 aromatic rings. The molecule has 2 rings (SSSR count). The molecule has 0 amide bonds. The summed E-state index contributed by atoms with van der Waals surface area (Å²) < 4.78 is 10.0. The molecule has 0 atom stereocenters. The summed E-state index contributed by atoms with van der Waals surface area (Å²) in [6.45, 7) is 1.83. The smallest absolute Gasteiger partial charge is 0.305 e. The quantitative estimate of drug-likeness (QED) is 0.762. The highest BCUT2D eigenvalue weighted by Crippen LogP contribution is 2.18. The molecule has 90 valence electrons. The van der Waals surface area contributed by atoms with E-state index in [1.54, 1.807) is 0 Å². The maximum Gasteiger partial charge on any atom is 0.305 e. The van der Waals surface area contributed by atoms with Crippen molar-refractivity contribution in [2.45, 2.75) is 26.2 Å². The Kier molecular flexibility index (Phi) is 3.42. The predicted molar refractivity (Wildman–Crippen MR) is 63.7 cm³/mol. The Bertz CT molecular complexity index is 530. The van der Waals surface area contributed by atoms with Gasteiger partial charge in [-0.05, 0) is 30.5 Å². The summed E-state index contributed by atoms with van der Waals surface area (Å²) in [7, 11) is 1.41. The molecule has 0 aliphatic rings. The minimum absolute atomic E-state index is 0.165. The summed E-state index contributed by atoms with van der Waals surface area (Å²) in [5.74, 6) is 0.508. The van der Waals surface area contributed by atoms with Crippen molar-refractivity contribution in [3.05, 3.63) is 29.7 Å². The molecular formula is C13H15NO3. The summed E-state index contributed by atoms with van der Waals surface area (Å²) in [4.78, 5) is 15.2. The molecule has 0 unspecified atom stereocenters. The number of aromatic nitrogens is 1. The summed E-state index contributed by atoms with van der Waals surface area (Å²) in [6, 6.07) is 5.94. The number of hydrogen-bond donors (Lipinski definition) is 0. The van der Waals surface area contributed by atoms with E-state index in [0.29, 0.717) is 12.3 Å². The van der Waals surface area contributed by atoms with Crippen molar-refractivity contribution >= 4 is 17.1 Å². The summed E-state index contributed by atoms with van der Waals surface area (Å²) in [5, 5.41) is 0. The van der Waals surface area contributed by atoms with E-state index in [-0.39, 0.29) is 5.97 Å². The summed E-state index contributed by atoms with van der Waals surface area (Å²) in [5.41, 5.74) is 2.83. The molecule has 0 bridgehead atoms. The number of aryl methyl sites for hydroxylation is 2. The predicted octanol–water partition coefficient (Wildman–Crippen LogP) is 2.63. The van der Waals surface area contributed by atoms with Crippen LogP contribution in [-0.2, 0) is 16.0 Å². The van der Waals surface area contributed by atoms with Crippen LogP contribution in [0.15, 0.2) is 22.6 Å². The summed E-state index contributed by atoms with van der Waals surface area (Å²) in [6.07, 6.45) is 2.07. The van der Waals surface area contributed by atoms with Gasteiger partial charge in [-0.15, -0.1) is 0 Å². The Labute approximate surface area is 99.6 Å². The molecule has 0 spiro atoms. The van der Waals surface area contributed by atoms with Gasteiger partial charge >= 0.3 is 5.97 Å². The molecule has 0 N–H and O–H groups in total. The maximum absolute atomic E-state index is 11.0. The SMILES string of the molecule is COC(=O)CCCc1ccc2nc(C)oc2c1. The largest absolute Gasteiger partial charge is 0.469 e. The topological polar surface area (TPSA) is 52.3 Å². The zero-order chi connectivity index (χ0) is 12.3. The van der Waals surface area contributed by atoms with Gasteiger partial charge in [0.1, 0.15) is 5.52 Å². The van der Waals surface area contributed by atoms with Gasteiger partial charge in [-0.2, -0.15) is 0 Å². The van der Waals surface area contributed by atoms with Crippen LogP contribution in [0.1, 0.15) is 24.3 Å². The second-order valence-electron chi connectivity index (χ2n) is 3.96. The van der Waals surface area contributed by atoms with Gasteiger partial charge in [-0.25, -0.2) is 4.98 Å². The van der Waals surface area contributed by atoms with E-state index in [0.717, 1.165) is 29.5 Å². The first-order valence-electron chi connectivity index (χ1n) is 5.62. The van der Waals surface area contributed by atoms with E-state index >= 15 is 0 Å². The van der Waals surface area contributed by atoms with Gasteiger partial charge in [-0.3, -0.25) is 4.79 Å². The first-order valence-corrected chi connectivity index (χ1v) is 5.62. The molecule has 0 aliphatic carbocycles. The van der Waals surface area contributed by atoms with Gasteiger partial charge in [0.2, 0.25) is 0 Å². The van der Waals surface area contributed by atoms with E-state index in [1.807, 2.05) is 25.1 Å². The van der Waals surface area contributed by atoms with E-state index in [2.05, 4.69) is 9.72 Å². The monoisotopic (exact) mass is 233 g/mol. The Hall–Kier alpha value is -1.84. The van der Waals surface area contributed by atoms with Crippen LogP contribution in [0.4, 0.5) is 0 Å². The number of carbonyl (C=O) groups is 1. The van der Waals surface area contributed by atoms with Gasteiger partial charge in [0, 0.05) is 13.3 Å². The lowest BCUT2D eigenvalue weighted by Gasteiger charge is -2.00. The average Bonchev–Trinajstić information content (AvgIpc) is 2.68. The lowest BCUT2D eigenvalue weighted by molar-refractivity contribution is -0.140. The van der Waals surface area contributed by atoms with Crippen molar-refractivity contribution < 1.29 is 13.9 Å². The van der Waals surface area contributed by atoms with Gasteiger partial charge in [0.15, 0.2) is 11.5 Å². The molecular weight excluding hydrogens is 218 g/mol. The molecule has 17 heavy (non-hydrogen) atoms. The number of hydrogen-bond acceptors (Lipinski definition) is 4. The van der Waals surface area contributed by atoms with Crippen molar-refractivity contribution in [2.75, 3.05) is 7.11 Å². The number of oxazole rings is 1. The molecule has 1 heterocycles. The fourth-order valence-electron chi connectivity index (χ4n) is 1.78. The third-order valence-electron chi connectivity index (χ3n) is 2.63. The number of esters is 1. The van der Waals surface area contributed by atoms with E-state index in [9.17, 15) is 4.79 Å². The minimum Gasteiger partial charge on any atom is -0.469 e. The molecule has 0 fully saturated rings. The zero-order valence-electron chi connectivity index (χ0n) is 10.0. The van der Waals surface area contributed by atoms with Crippen LogP contribution in [-0.4, -0.2) is 18.1 Å². The third-order valence-corrected chi connectivity index (χ3v) is 2.63. The van der Waals surface area contributed by atoms with Gasteiger partial charge in [0.25, 0.3) is 0 Å². The van der Waals surface area contributed by atoms with Gasteiger partial charge in [0.05, 0.1) is 7.11 Å². The van der Waals surface area contributed by atoms with Gasteiger partial charge in [-0.1, -0.05) is 6.07 Å². The van der Waals surface area contributed by atoms with Crippen LogP contribution in [0.3, 0.4) is 0 Å². The highest BCUT2D eigenvalue weighted by molar-refractivity contribution is 5.73. The number of fused-ring (bicyclic) bond motifs is 1. The fraction of sp³-hybridized carbons (Fsp3) is 0.385. The molecule has 0 radical (unpaired) electrons. The van der Waals surface area contributed by atoms with E-state index in [4.69, 9.17) is 4.42 Å². The van der Waals surface area contributed by atoms with E-state index in [1.165, 1.54) is 7.11 Å². The number of benzene rings is 1. The third kappa shape index (κ3) is 2.84. The number of carbonyl (C=O) groups excluding carboxylic acids is 1. The molecule has 1 aromatic carbocycles. The summed E-state index contributed by atoms with van der Waals surface area (Å²) >= 11 is 0. The number of nitrogens with zero attached hydrogens (tertiary/aromatic N) is 1. The van der Waals surface area contributed by atoms with Crippen molar-refractivity contribution in [2.24, 2.45) is 0 Å². The molecule has 4 heteroatoms. The van der Waals surface area contributed by atoms with Crippen LogP contribution < -0.4 is 0 Å². The fourth-order valence-corrected chi connectivity index (χ4v) is 1.78. The molecule has 0 saturated carbocycles. The molecule has 4 nitrogen and oxygen atoms in total. The second-order valence-corrected chi connectivity index (χ2v) is 3.96. The van der Waals surface area contributed by atoms with E-state index < -0.39 is 0 Å². The van der Waals surface area contributed by atoms with Crippen LogP contribution in [0.25, 0.3) is 11.1 Å². The van der Waals surface area contributed by atoms with Crippen LogP contribution >= 0.6 is 0 Å². The Morgan fingerprint density at radius 2 is 2.29 bits per heavy atom. The van der Waals surface area contributed by atoms with Crippen molar-refractivity contribution in [1.29, 1.82) is 0 Å². The van der Waals surface area contributed by atoms with Crippen molar-refractivity contribution in [3.8, 4) is 0 Å². The van der Waals surface area contributed by atoms with Crippen LogP contribution in [0.2, 0.25) is 0 Å². The van der Waals surface area contributed by atoms with Crippen molar-refractivity contribution in [1.82, 2.24) is 4.98 Å². The highest BCUT2D eigenvalue weighted by atomic mass is 16.5. The van der Waals surface area contributed by atoms with Crippen LogP contribution in [0.5, 0.6) is 0 Å². The lowest BCUT2D eigenvalue weighted by Crippen LogP contribution is -2.00. The lowest BCUT2D eigenvalue weighted by atomic mass is 10.1. The highest BCUT2D eigenvalue weighted by Gasteiger charge is 2.04. The Morgan fingerprint density at radius 3 is 3.06 bits per heavy atom. The first-order chi connectivity index (χ1) is 8.19. The standard InChI is InChI=1S/C13H15NO3/c1-9-14-11-7-6-10(8-12(11)17-9)4-3-5-13(15)16-2/h6-8H,3-5H2,1-2H3. The maximum atomic E-state index is 11.0. The molecule has 0 saturated heterocycles. The van der Waals surface area contributed by atoms with Crippen LogP contribution in [0, 0.1) is 6.92 Å². The first kappa shape index (κ1) is 11.6. The van der Waals surface area contributed by atoms with Gasteiger partial charge < -0.3 is 9.15 Å². The number of ether oxygens (including phenoxy) is 1. The minimum atomic E-state index is -0.165. The Morgan fingerprint density at radius 1 is 1.47 bits per heavy atom.